The van der Waals surface area contributed by atoms with Gasteiger partial charge in [0.25, 0.3) is 11.8 Å². The Hall–Kier alpha value is -3.80. The van der Waals surface area contributed by atoms with Crippen LogP contribution in [-0.4, -0.2) is 70.6 Å². The van der Waals surface area contributed by atoms with Crippen LogP contribution in [-0.2, 0) is 22.3 Å². The van der Waals surface area contributed by atoms with Crippen molar-refractivity contribution < 1.29 is 32.3 Å². The molecule has 36 heavy (non-hydrogen) atoms. The van der Waals surface area contributed by atoms with Crippen LogP contribution in [0.15, 0.2) is 36.5 Å². The van der Waals surface area contributed by atoms with Gasteiger partial charge in [-0.25, -0.2) is 4.98 Å². The van der Waals surface area contributed by atoms with Crippen LogP contribution in [0, 0.1) is 0 Å². The van der Waals surface area contributed by atoms with E-state index in [2.05, 4.69) is 10.3 Å². The Labute approximate surface area is 203 Å². The Kier molecular flexibility index (Phi) is 5.99. The zero-order valence-corrected chi connectivity index (χ0v) is 19.0. The highest BCUT2D eigenvalue weighted by Gasteiger charge is 2.44. The van der Waals surface area contributed by atoms with Gasteiger partial charge >= 0.3 is 6.18 Å². The van der Waals surface area contributed by atoms with E-state index in [0.29, 0.717) is 32.7 Å². The number of halogens is 3. The van der Waals surface area contributed by atoms with Gasteiger partial charge in [-0.1, -0.05) is 6.07 Å². The SMILES string of the molecule is O=C1CCC(N2C(=O)c3ccc(CN4CCN(c5ncccc5C(F)(F)F)CC4)cc3C2=O)C(=O)N1. The van der Waals surface area contributed by atoms with Gasteiger partial charge in [-0.3, -0.25) is 34.3 Å². The number of piperazine rings is 1. The second-order valence-corrected chi connectivity index (χ2v) is 8.96. The maximum Gasteiger partial charge on any atom is 0.419 e. The van der Waals surface area contributed by atoms with Gasteiger partial charge in [-0.05, 0) is 36.2 Å². The van der Waals surface area contributed by atoms with Gasteiger partial charge < -0.3 is 4.90 Å². The number of imide groups is 2. The van der Waals surface area contributed by atoms with Crippen molar-refractivity contribution in [2.45, 2.75) is 31.6 Å². The summed E-state index contributed by atoms with van der Waals surface area (Å²) in [6.07, 6.45) is -3.02. The molecule has 12 heteroatoms. The summed E-state index contributed by atoms with van der Waals surface area (Å²) < 4.78 is 40.1. The molecule has 1 unspecified atom stereocenters. The number of anilines is 1. The summed E-state index contributed by atoms with van der Waals surface area (Å²) in [4.78, 5) is 58.0. The molecule has 0 spiro atoms. The molecule has 1 atom stereocenters. The molecule has 2 fully saturated rings. The van der Waals surface area contributed by atoms with Crippen LogP contribution in [0.25, 0.3) is 0 Å². The molecule has 0 radical (unpaired) electrons. The van der Waals surface area contributed by atoms with E-state index in [9.17, 15) is 32.3 Å². The van der Waals surface area contributed by atoms with Crippen LogP contribution >= 0.6 is 0 Å². The van der Waals surface area contributed by atoms with Crippen molar-refractivity contribution >= 4 is 29.4 Å². The highest BCUT2D eigenvalue weighted by atomic mass is 19.4. The van der Waals surface area contributed by atoms with E-state index < -0.39 is 41.4 Å². The maximum absolute atomic E-state index is 13.4. The van der Waals surface area contributed by atoms with Crippen molar-refractivity contribution in [3.05, 3.63) is 58.8 Å². The molecule has 4 heterocycles. The monoisotopic (exact) mass is 501 g/mol. The predicted octanol–water partition coefficient (Wildman–Crippen LogP) is 1.82. The molecule has 3 aliphatic rings. The number of hydrogen-bond acceptors (Lipinski definition) is 7. The average Bonchev–Trinajstić information content (AvgIpc) is 3.09. The van der Waals surface area contributed by atoms with Crippen LogP contribution in [0.4, 0.5) is 19.0 Å². The number of carbonyl (C=O) groups is 4. The number of alkyl halides is 3. The zero-order valence-electron chi connectivity index (χ0n) is 19.0. The molecule has 1 aromatic heterocycles. The molecule has 4 amide bonds. The van der Waals surface area contributed by atoms with Crippen LogP contribution < -0.4 is 10.2 Å². The normalized spacial score (nSPS) is 21.1. The summed E-state index contributed by atoms with van der Waals surface area (Å²) in [5, 5.41) is 2.17. The van der Waals surface area contributed by atoms with Crippen LogP contribution in [0.3, 0.4) is 0 Å². The number of aromatic nitrogens is 1. The Bertz CT molecular complexity index is 1260. The minimum absolute atomic E-state index is 0.0456. The molecule has 1 N–H and O–H groups in total. The van der Waals surface area contributed by atoms with Crippen molar-refractivity contribution in [3.63, 3.8) is 0 Å². The third kappa shape index (κ3) is 4.32. The molecule has 0 saturated carbocycles. The second-order valence-electron chi connectivity index (χ2n) is 8.96. The largest absolute Gasteiger partial charge is 0.419 e. The van der Waals surface area contributed by atoms with Gasteiger partial charge in [0, 0.05) is 45.3 Å². The van der Waals surface area contributed by atoms with Gasteiger partial charge in [0.1, 0.15) is 11.9 Å². The van der Waals surface area contributed by atoms with Crippen molar-refractivity contribution in [2.75, 3.05) is 31.1 Å². The van der Waals surface area contributed by atoms with E-state index in [0.717, 1.165) is 16.5 Å². The minimum Gasteiger partial charge on any atom is -0.354 e. The number of nitrogens with zero attached hydrogens (tertiary/aromatic N) is 4. The number of nitrogens with one attached hydrogen (secondary N) is 1. The summed E-state index contributed by atoms with van der Waals surface area (Å²) >= 11 is 0. The standard InChI is InChI=1S/C24H22F3N5O4/c25-24(26,27)17-2-1-7-28-20(17)31-10-8-30(9-11-31)13-14-3-4-15-16(12-14)23(36)32(22(15)35)18-5-6-19(33)29-21(18)34/h1-4,7,12,18H,5-6,8-11,13H2,(H,29,33,34). The van der Waals surface area contributed by atoms with Crippen molar-refractivity contribution in [1.82, 2.24) is 20.1 Å². The van der Waals surface area contributed by atoms with Crippen molar-refractivity contribution in [1.29, 1.82) is 0 Å². The lowest BCUT2D eigenvalue weighted by molar-refractivity contribution is -0.138. The quantitative estimate of drug-likeness (QED) is 0.638. The van der Waals surface area contributed by atoms with E-state index in [1.807, 2.05) is 4.90 Å². The lowest BCUT2D eigenvalue weighted by atomic mass is 10.0. The van der Waals surface area contributed by atoms with E-state index in [-0.39, 0.29) is 29.8 Å². The first-order valence-corrected chi connectivity index (χ1v) is 11.5. The maximum atomic E-state index is 13.4. The smallest absolute Gasteiger partial charge is 0.354 e. The van der Waals surface area contributed by atoms with E-state index in [1.165, 1.54) is 12.3 Å². The first kappa shape index (κ1) is 23.9. The third-order valence-corrected chi connectivity index (χ3v) is 6.67. The fourth-order valence-corrected chi connectivity index (χ4v) is 4.86. The molecule has 5 rings (SSSR count). The molecule has 0 bridgehead atoms. The highest BCUT2D eigenvalue weighted by molar-refractivity contribution is 6.23. The summed E-state index contributed by atoms with van der Waals surface area (Å²) in [5.41, 5.74) is 0.403. The molecule has 0 aliphatic carbocycles. The van der Waals surface area contributed by atoms with Gasteiger partial charge in [-0.2, -0.15) is 13.2 Å². The molecule has 1 aromatic carbocycles. The number of fused-ring (bicyclic) bond motifs is 1. The molecule has 2 saturated heterocycles. The number of carbonyl (C=O) groups excluding carboxylic acids is 4. The highest BCUT2D eigenvalue weighted by Crippen LogP contribution is 2.35. The molecule has 9 nitrogen and oxygen atoms in total. The summed E-state index contributed by atoms with van der Waals surface area (Å²) in [5.74, 6) is -2.33. The first-order valence-electron chi connectivity index (χ1n) is 11.5. The van der Waals surface area contributed by atoms with Crippen molar-refractivity contribution in [2.24, 2.45) is 0 Å². The number of pyridine rings is 1. The topological polar surface area (TPSA) is 103 Å². The van der Waals surface area contributed by atoms with E-state index in [4.69, 9.17) is 0 Å². The molecule has 2 aromatic rings. The van der Waals surface area contributed by atoms with Crippen LogP contribution in [0.5, 0.6) is 0 Å². The van der Waals surface area contributed by atoms with Crippen LogP contribution in [0.2, 0.25) is 0 Å². The fraction of sp³-hybridized carbons (Fsp3) is 0.375. The second kappa shape index (κ2) is 9.01. The summed E-state index contributed by atoms with van der Waals surface area (Å²) in [6.45, 7) is 2.12. The average molecular weight is 501 g/mol. The zero-order chi connectivity index (χ0) is 25.6. The summed E-state index contributed by atoms with van der Waals surface area (Å²) in [7, 11) is 0. The van der Waals surface area contributed by atoms with Gasteiger partial charge in [0.05, 0.1) is 16.7 Å². The van der Waals surface area contributed by atoms with Gasteiger partial charge in [0.15, 0.2) is 0 Å². The van der Waals surface area contributed by atoms with Crippen molar-refractivity contribution in [3.8, 4) is 0 Å². The lowest BCUT2D eigenvalue weighted by Crippen LogP contribution is -2.54. The minimum atomic E-state index is -4.49. The first-order chi connectivity index (χ1) is 17.1. The predicted molar refractivity (Wildman–Crippen MR) is 120 cm³/mol. The van der Waals surface area contributed by atoms with E-state index in [1.54, 1.807) is 23.1 Å². The Balaban J connectivity index is 1.26. The number of piperidine rings is 1. The molecule has 3 aliphatic heterocycles. The summed E-state index contributed by atoms with van der Waals surface area (Å²) in [6, 6.07) is 6.16. The van der Waals surface area contributed by atoms with Gasteiger partial charge in [0.2, 0.25) is 11.8 Å². The number of rotatable bonds is 4. The number of hydrogen-bond donors (Lipinski definition) is 1. The van der Waals surface area contributed by atoms with Crippen LogP contribution in [0.1, 0.15) is 44.7 Å². The lowest BCUT2D eigenvalue weighted by Gasteiger charge is -2.36. The molecule has 188 valence electrons. The van der Waals surface area contributed by atoms with E-state index >= 15 is 0 Å². The number of benzene rings is 1. The molecular weight excluding hydrogens is 479 g/mol. The van der Waals surface area contributed by atoms with Gasteiger partial charge in [-0.15, -0.1) is 0 Å². The number of amides is 4. The fourth-order valence-electron chi connectivity index (χ4n) is 4.86. The third-order valence-electron chi connectivity index (χ3n) is 6.67. The Morgan fingerprint density at radius 1 is 0.972 bits per heavy atom. The Morgan fingerprint density at radius 3 is 2.39 bits per heavy atom. The molecular formula is C24H22F3N5O4. The Morgan fingerprint density at radius 2 is 1.69 bits per heavy atom.